The largest absolute Gasteiger partial charge is 0.392 e. The number of hydrogen-bond donors (Lipinski definition) is 1. The van der Waals surface area contributed by atoms with Crippen LogP contribution in [0.25, 0.3) is 0 Å². The Labute approximate surface area is 123 Å². The molecule has 0 fully saturated rings. The molecule has 100 valence electrons. The predicted molar refractivity (Wildman–Crippen MR) is 82.0 cm³/mol. The Hall–Kier alpha value is -0.960. The highest BCUT2D eigenvalue weighted by Crippen LogP contribution is 2.33. The highest BCUT2D eigenvalue weighted by Gasteiger charge is 2.06. The maximum Gasteiger partial charge on any atom is 0.0692 e. The number of hydrogen-bond acceptors (Lipinski definition) is 2. The highest BCUT2D eigenvalue weighted by molar-refractivity contribution is 7.99. The van der Waals surface area contributed by atoms with Crippen molar-refractivity contribution in [2.24, 2.45) is 0 Å². The van der Waals surface area contributed by atoms with E-state index in [9.17, 15) is 5.11 Å². The molecule has 0 aliphatic heterocycles. The average molecular weight is 293 g/mol. The molecule has 19 heavy (non-hydrogen) atoms. The van der Waals surface area contributed by atoms with Crippen molar-refractivity contribution in [2.75, 3.05) is 0 Å². The van der Waals surface area contributed by atoms with E-state index < -0.39 is 0 Å². The van der Waals surface area contributed by atoms with Gasteiger partial charge in [-0.15, -0.1) is 0 Å². The van der Waals surface area contributed by atoms with Gasteiger partial charge in [0.25, 0.3) is 0 Å². The monoisotopic (exact) mass is 292 g/mol. The Morgan fingerprint density at radius 3 is 2.37 bits per heavy atom. The molecule has 0 spiro atoms. The van der Waals surface area contributed by atoms with Crippen LogP contribution < -0.4 is 0 Å². The Kier molecular flexibility index (Phi) is 4.92. The van der Waals surface area contributed by atoms with Gasteiger partial charge in [0.1, 0.15) is 0 Å². The molecule has 3 heteroatoms. The van der Waals surface area contributed by atoms with Crippen LogP contribution in [0.15, 0.2) is 52.3 Å². The van der Waals surface area contributed by atoms with Gasteiger partial charge < -0.3 is 5.11 Å². The van der Waals surface area contributed by atoms with Gasteiger partial charge in [-0.25, -0.2) is 0 Å². The first-order valence-corrected chi connectivity index (χ1v) is 7.46. The van der Waals surface area contributed by atoms with Gasteiger partial charge >= 0.3 is 0 Å². The minimum atomic E-state index is 0.0313. The molecule has 2 aromatic carbocycles. The maximum absolute atomic E-state index is 9.35. The van der Waals surface area contributed by atoms with Crippen molar-refractivity contribution in [3.8, 4) is 0 Å². The van der Waals surface area contributed by atoms with Gasteiger partial charge in [-0.05, 0) is 41.3 Å². The summed E-state index contributed by atoms with van der Waals surface area (Å²) in [5, 5.41) is 10.0. The first-order chi connectivity index (χ1) is 9.10. The molecule has 0 amide bonds. The Balaban J connectivity index is 2.23. The second kappa shape index (κ2) is 6.47. The third-order valence-corrected chi connectivity index (χ3v) is 4.32. The summed E-state index contributed by atoms with van der Waals surface area (Å²) in [7, 11) is 0. The van der Waals surface area contributed by atoms with Crippen molar-refractivity contribution in [1.82, 2.24) is 0 Å². The first-order valence-electron chi connectivity index (χ1n) is 6.27. The van der Waals surface area contributed by atoms with Crippen LogP contribution >= 0.6 is 23.4 Å². The van der Waals surface area contributed by atoms with Crippen molar-refractivity contribution >= 4 is 23.4 Å². The van der Waals surface area contributed by atoms with Crippen LogP contribution in [0.5, 0.6) is 0 Å². The van der Waals surface area contributed by atoms with Gasteiger partial charge in [0, 0.05) is 14.8 Å². The normalized spacial score (nSPS) is 11.0. The molecule has 1 N–H and O–H groups in total. The molecule has 0 unspecified atom stereocenters. The third-order valence-electron chi connectivity index (χ3n) is 2.97. The van der Waals surface area contributed by atoms with Gasteiger partial charge in [0.15, 0.2) is 0 Å². The predicted octanol–water partition coefficient (Wildman–Crippen LogP) is 5.11. The SMILES string of the molecule is CC(C)c1ccc(Sc2cc(Cl)ccc2CO)cc1. The Morgan fingerprint density at radius 2 is 1.79 bits per heavy atom. The molecule has 0 aliphatic carbocycles. The molecule has 1 nitrogen and oxygen atoms in total. The van der Waals surface area contributed by atoms with E-state index in [4.69, 9.17) is 11.6 Å². The smallest absolute Gasteiger partial charge is 0.0692 e. The molecule has 2 rings (SSSR count). The fourth-order valence-corrected chi connectivity index (χ4v) is 3.01. The number of halogens is 1. The molecule has 0 aliphatic rings. The van der Waals surface area contributed by atoms with Gasteiger partial charge in [0.2, 0.25) is 0 Å². The second-order valence-electron chi connectivity index (χ2n) is 4.74. The fourth-order valence-electron chi connectivity index (χ4n) is 1.80. The van der Waals surface area contributed by atoms with Crippen LogP contribution in [0.2, 0.25) is 5.02 Å². The van der Waals surface area contributed by atoms with Crippen LogP contribution in [0, 0.1) is 0 Å². The van der Waals surface area contributed by atoms with Crippen molar-refractivity contribution < 1.29 is 5.11 Å². The fraction of sp³-hybridized carbons (Fsp3) is 0.250. The van der Waals surface area contributed by atoms with Gasteiger partial charge in [-0.3, -0.25) is 0 Å². The molecule has 0 radical (unpaired) electrons. The van der Waals surface area contributed by atoms with Crippen molar-refractivity contribution in [2.45, 2.75) is 36.2 Å². The van der Waals surface area contributed by atoms with E-state index in [0.717, 1.165) is 15.4 Å². The molecule has 2 aromatic rings. The van der Waals surface area contributed by atoms with Crippen molar-refractivity contribution in [3.05, 3.63) is 58.6 Å². The van der Waals surface area contributed by atoms with Crippen LogP contribution in [0.4, 0.5) is 0 Å². The molecule has 0 heterocycles. The summed E-state index contributed by atoms with van der Waals surface area (Å²) in [6.45, 7) is 4.40. The van der Waals surface area contributed by atoms with E-state index in [-0.39, 0.29) is 6.61 Å². The molecular formula is C16H17ClOS. The summed E-state index contributed by atoms with van der Waals surface area (Å²) in [5.74, 6) is 0.540. The lowest BCUT2D eigenvalue weighted by atomic mass is 10.0. The summed E-state index contributed by atoms with van der Waals surface area (Å²) >= 11 is 7.64. The lowest BCUT2D eigenvalue weighted by molar-refractivity contribution is 0.279. The van der Waals surface area contributed by atoms with Crippen molar-refractivity contribution in [1.29, 1.82) is 0 Å². The zero-order valence-electron chi connectivity index (χ0n) is 11.1. The number of benzene rings is 2. The van der Waals surface area contributed by atoms with E-state index in [2.05, 4.69) is 38.1 Å². The summed E-state index contributed by atoms with van der Waals surface area (Å²) in [6, 6.07) is 14.1. The maximum atomic E-state index is 9.35. The summed E-state index contributed by atoms with van der Waals surface area (Å²) < 4.78 is 0. The van der Waals surface area contributed by atoms with Crippen LogP contribution in [0.3, 0.4) is 0 Å². The number of rotatable bonds is 4. The molecule has 0 aromatic heterocycles. The lowest BCUT2D eigenvalue weighted by Gasteiger charge is -2.09. The molecular weight excluding hydrogens is 276 g/mol. The van der Waals surface area contributed by atoms with Gasteiger partial charge in [0.05, 0.1) is 6.61 Å². The Morgan fingerprint density at radius 1 is 1.11 bits per heavy atom. The molecule has 0 atom stereocenters. The molecule has 0 saturated heterocycles. The van der Waals surface area contributed by atoms with E-state index in [0.29, 0.717) is 10.9 Å². The quantitative estimate of drug-likeness (QED) is 0.845. The number of aliphatic hydroxyl groups excluding tert-OH is 1. The zero-order chi connectivity index (χ0) is 13.8. The van der Waals surface area contributed by atoms with E-state index >= 15 is 0 Å². The summed E-state index contributed by atoms with van der Waals surface area (Å²) in [4.78, 5) is 2.16. The Bertz CT molecular complexity index is 549. The third kappa shape index (κ3) is 3.75. The van der Waals surface area contributed by atoms with Crippen LogP contribution in [-0.2, 0) is 6.61 Å². The minimum Gasteiger partial charge on any atom is -0.392 e. The minimum absolute atomic E-state index is 0.0313. The van der Waals surface area contributed by atoms with E-state index in [1.165, 1.54) is 5.56 Å². The molecule has 0 bridgehead atoms. The summed E-state index contributed by atoms with van der Waals surface area (Å²) in [5.41, 5.74) is 2.24. The van der Waals surface area contributed by atoms with Gasteiger partial charge in [-0.1, -0.05) is 55.4 Å². The number of aliphatic hydroxyl groups is 1. The lowest BCUT2D eigenvalue weighted by Crippen LogP contribution is -1.88. The topological polar surface area (TPSA) is 20.2 Å². The summed E-state index contributed by atoms with van der Waals surface area (Å²) in [6.07, 6.45) is 0. The molecule has 0 saturated carbocycles. The average Bonchev–Trinajstić information content (AvgIpc) is 2.39. The van der Waals surface area contributed by atoms with Crippen LogP contribution in [-0.4, -0.2) is 5.11 Å². The highest BCUT2D eigenvalue weighted by atomic mass is 35.5. The zero-order valence-corrected chi connectivity index (χ0v) is 12.6. The van der Waals surface area contributed by atoms with E-state index in [1.807, 2.05) is 12.1 Å². The first kappa shape index (κ1) is 14.4. The second-order valence-corrected chi connectivity index (χ2v) is 6.29. The van der Waals surface area contributed by atoms with E-state index in [1.54, 1.807) is 17.8 Å². The standard InChI is InChI=1S/C16H17ClOS/c1-11(2)12-4-7-15(8-5-12)19-16-9-14(17)6-3-13(16)10-18/h3-9,11,18H,10H2,1-2H3. The van der Waals surface area contributed by atoms with Gasteiger partial charge in [-0.2, -0.15) is 0 Å². The van der Waals surface area contributed by atoms with Crippen molar-refractivity contribution in [3.63, 3.8) is 0 Å². The van der Waals surface area contributed by atoms with Crippen LogP contribution in [0.1, 0.15) is 30.9 Å².